The van der Waals surface area contributed by atoms with Gasteiger partial charge in [0.15, 0.2) is 0 Å². The normalized spacial score (nSPS) is 15.9. The molecule has 0 aliphatic heterocycles. The van der Waals surface area contributed by atoms with Crippen molar-refractivity contribution < 1.29 is 38.7 Å². The zero-order valence-electron chi connectivity index (χ0n) is 26.0. The minimum Gasteiger partial charge on any atom is -0.480 e. The van der Waals surface area contributed by atoms with Crippen molar-refractivity contribution in [3.05, 3.63) is 0 Å². The van der Waals surface area contributed by atoms with Crippen LogP contribution in [-0.2, 0) is 33.6 Å². The second-order valence-corrected chi connectivity index (χ2v) is 11.3. The summed E-state index contributed by atoms with van der Waals surface area (Å²) in [5.41, 5.74) is 5.49. The van der Waals surface area contributed by atoms with Crippen LogP contribution >= 0.6 is 12.6 Å². The zero-order chi connectivity index (χ0) is 33.4. The van der Waals surface area contributed by atoms with E-state index in [0.717, 1.165) is 0 Å². The van der Waals surface area contributed by atoms with E-state index in [1.807, 2.05) is 6.92 Å². The van der Waals surface area contributed by atoms with Gasteiger partial charge in [-0.2, -0.15) is 12.6 Å². The number of carboxylic acids is 1. The van der Waals surface area contributed by atoms with Crippen LogP contribution in [0.4, 0.5) is 0 Å². The molecule has 246 valence electrons. The summed E-state index contributed by atoms with van der Waals surface area (Å²) in [4.78, 5) is 86.8. The quantitative estimate of drug-likeness (QED) is 0.0735. The maximum atomic E-state index is 13.2. The summed E-state index contributed by atoms with van der Waals surface area (Å²) < 4.78 is 0. The Morgan fingerprint density at radius 2 is 1.12 bits per heavy atom. The number of rotatable bonds is 19. The second-order valence-electron chi connectivity index (χ2n) is 10.9. The molecule has 0 heterocycles. The largest absolute Gasteiger partial charge is 0.480 e. The zero-order valence-corrected chi connectivity index (χ0v) is 26.9. The van der Waals surface area contributed by atoms with Gasteiger partial charge in [-0.3, -0.25) is 28.8 Å². The van der Waals surface area contributed by atoms with E-state index in [9.17, 15) is 38.7 Å². The summed E-state index contributed by atoms with van der Waals surface area (Å²) in [6, 6.07) is -5.12. The SMILES string of the molecule is CC[C@H](C)[C@H](NC(=O)CNC(=O)[C@@H](NC(=O)[C@@H](NC(=O)CNC(=O)[C@H](CS)NC(=O)[C@H](C)N)C(C)C)[C@@H](C)CC)C(=O)O. The number of carboxylic acid groups (broad SMARTS) is 1. The van der Waals surface area contributed by atoms with E-state index >= 15 is 0 Å². The average Bonchev–Trinajstić information content (AvgIpc) is 2.95. The Balaban J connectivity index is 5.32. The Morgan fingerprint density at radius 3 is 1.53 bits per heavy atom. The van der Waals surface area contributed by atoms with Crippen molar-refractivity contribution in [3.63, 3.8) is 0 Å². The highest BCUT2D eigenvalue weighted by Gasteiger charge is 2.32. The van der Waals surface area contributed by atoms with Gasteiger partial charge in [0.25, 0.3) is 0 Å². The summed E-state index contributed by atoms with van der Waals surface area (Å²) in [6.07, 6.45) is 1.02. The topological polar surface area (TPSA) is 238 Å². The molecule has 9 N–H and O–H groups in total. The first-order valence-electron chi connectivity index (χ1n) is 14.3. The fourth-order valence-electron chi connectivity index (χ4n) is 3.68. The van der Waals surface area contributed by atoms with Crippen LogP contribution in [0.3, 0.4) is 0 Å². The number of carbonyl (C=O) groups excluding carboxylic acids is 6. The molecule has 0 aromatic carbocycles. The Kier molecular flexibility index (Phi) is 18.2. The molecule has 7 atom stereocenters. The summed E-state index contributed by atoms with van der Waals surface area (Å²) in [5.74, 6) is -6.23. The number of thiol groups is 1. The Hall–Kier alpha value is -3.40. The lowest BCUT2D eigenvalue weighted by Gasteiger charge is -2.28. The molecular formula is C27H49N7O8S. The van der Waals surface area contributed by atoms with Gasteiger partial charge in [-0.15, -0.1) is 0 Å². The molecule has 16 heteroatoms. The van der Waals surface area contributed by atoms with Crippen LogP contribution in [0, 0.1) is 17.8 Å². The van der Waals surface area contributed by atoms with Gasteiger partial charge in [-0.1, -0.05) is 54.4 Å². The van der Waals surface area contributed by atoms with Crippen LogP contribution in [0.2, 0.25) is 0 Å². The molecular weight excluding hydrogens is 582 g/mol. The maximum Gasteiger partial charge on any atom is 0.326 e. The molecule has 15 nitrogen and oxygen atoms in total. The van der Waals surface area contributed by atoms with Crippen LogP contribution in [0.5, 0.6) is 0 Å². The van der Waals surface area contributed by atoms with Gasteiger partial charge in [0.2, 0.25) is 35.4 Å². The van der Waals surface area contributed by atoms with Gasteiger partial charge in [-0.25, -0.2) is 4.79 Å². The van der Waals surface area contributed by atoms with E-state index in [2.05, 4.69) is 44.5 Å². The van der Waals surface area contributed by atoms with Gasteiger partial charge in [-0.05, 0) is 24.7 Å². The van der Waals surface area contributed by atoms with Crippen LogP contribution < -0.4 is 37.6 Å². The molecule has 0 unspecified atom stereocenters. The van der Waals surface area contributed by atoms with Crippen molar-refractivity contribution >= 4 is 54.0 Å². The number of hydrogen-bond donors (Lipinski definition) is 9. The Labute approximate surface area is 258 Å². The predicted molar refractivity (Wildman–Crippen MR) is 163 cm³/mol. The fourth-order valence-corrected chi connectivity index (χ4v) is 3.93. The summed E-state index contributed by atoms with van der Waals surface area (Å²) in [7, 11) is 0. The standard InChI is InChI=1S/C27H49N7O8S/c1-8-14(5)21(25(39)30-11-19(36)33-22(27(41)42)15(6)9-2)34-26(40)20(13(3)4)32-18(35)10-29-24(38)17(12-43)31-23(37)16(7)28/h13-17,20-22,43H,8-12,28H2,1-7H3,(H,29,38)(H,30,39)(H,31,37)(H,32,35)(H,33,36)(H,34,40)(H,41,42)/t14-,15-,16-,17-,20-,21-,22-/m0/s1. The number of hydrogen-bond acceptors (Lipinski definition) is 9. The number of nitrogens with one attached hydrogen (secondary N) is 6. The lowest BCUT2D eigenvalue weighted by Crippen LogP contribution is -2.59. The molecule has 0 aliphatic carbocycles. The van der Waals surface area contributed by atoms with Crippen molar-refractivity contribution in [2.45, 2.75) is 91.5 Å². The van der Waals surface area contributed by atoms with Crippen LogP contribution in [0.25, 0.3) is 0 Å². The van der Waals surface area contributed by atoms with E-state index in [0.29, 0.717) is 12.8 Å². The monoisotopic (exact) mass is 631 g/mol. The van der Waals surface area contributed by atoms with E-state index < -0.39 is 90.6 Å². The molecule has 0 aromatic rings. The Morgan fingerprint density at radius 1 is 0.651 bits per heavy atom. The van der Waals surface area contributed by atoms with E-state index in [4.69, 9.17) is 5.73 Å². The molecule has 0 saturated carbocycles. The van der Waals surface area contributed by atoms with E-state index in [1.54, 1.807) is 34.6 Å². The van der Waals surface area contributed by atoms with Crippen molar-refractivity contribution in [1.29, 1.82) is 0 Å². The van der Waals surface area contributed by atoms with Gasteiger partial charge in [0, 0.05) is 5.75 Å². The Bertz CT molecular complexity index is 994. The first kappa shape index (κ1) is 39.6. The molecule has 0 fully saturated rings. The van der Waals surface area contributed by atoms with E-state index in [1.165, 1.54) is 6.92 Å². The van der Waals surface area contributed by atoms with Gasteiger partial charge >= 0.3 is 5.97 Å². The highest BCUT2D eigenvalue weighted by Crippen LogP contribution is 2.11. The molecule has 0 aromatic heterocycles. The summed E-state index contributed by atoms with van der Waals surface area (Å²) >= 11 is 4.04. The molecule has 0 bridgehead atoms. The fraction of sp³-hybridized carbons (Fsp3) is 0.741. The number of carbonyl (C=O) groups is 7. The molecule has 43 heavy (non-hydrogen) atoms. The van der Waals surface area contributed by atoms with E-state index in [-0.39, 0.29) is 17.6 Å². The minimum absolute atomic E-state index is 0.0400. The number of aliphatic carboxylic acids is 1. The van der Waals surface area contributed by atoms with Gasteiger partial charge in [0.05, 0.1) is 19.1 Å². The third kappa shape index (κ3) is 14.1. The third-order valence-electron chi connectivity index (χ3n) is 6.93. The first-order chi connectivity index (χ1) is 20.0. The lowest BCUT2D eigenvalue weighted by molar-refractivity contribution is -0.143. The minimum atomic E-state index is -1.19. The van der Waals surface area contributed by atoms with Crippen LogP contribution in [0.1, 0.15) is 61.3 Å². The van der Waals surface area contributed by atoms with Gasteiger partial charge < -0.3 is 42.7 Å². The molecule has 0 aliphatic rings. The van der Waals surface area contributed by atoms with Crippen molar-refractivity contribution in [1.82, 2.24) is 31.9 Å². The molecule has 0 spiro atoms. The molecule has 0 rings (SSSR count). The average molecular weight is 632 g/mol. The smallest absolute Gasteiger partial charge is 0.326 e. The van der Waals surface area contributed by atoms with Crippen molar-refractivity contribution in [2.24, 2.45) is 23.5 Å². The number of nitrogens with two attached hydrogens (primary N) is 1. The van der Waals surface area contributed by atoms with Crippen LogP contribution in [-0.4, -0.2) is 95.6 Å². The molecule has 0 radical (unpaired) electrons. The highest BCUT2D eigenvalue weighted by molar-refractivity contribution is 7.80. The molecule has 0 saturated heterocycles. The predicted octanol–water partition coefficient (Wildman–Crippen LogP) is -1.73. The van der Waals surface area contributed by atoms with Gasteiger partial charge in [0.1, 0.15) is 24.2 Å². The first-order valence-corrected chi connectivity index (χ1v) is 15.0. The number of amides is 6. The summed E-state index contributed by atoms with van der Waals surface area (Å²) in [6.45, 7) is 10.8. The third-order valence-corrected chi connectivity index (χ3v) is 7.29. The highest BCUT2D eigenvalue weighted by atomic mass is 32.1. The summed E-state index contributed by atoms with van der Waals surface area (Å²) in [5, 5.41) is 24.2. The lowest BCUT2D eigenvalue weighted by atomic mass is 9.96. The maximum absolute atomic E-state index is 13.2. The second kappa shape index (κ2) is 19.7. The van der Waals surface area contributed by atoms with Crippen molar-refractivity contribution in [3.8, 4) is 0 Å². The molecule has 6 amide bonds. The van der Waals surface area contributed by atoms with Crippen molar-refractivity contribution in [2.75, 3.05) is 18.8 Å². The van der Waals surface area contributed by atoms with Crippen LogP contribution in [0.15, 0.2) is 0 Å².